The number of morpholine rings is 1. The summed E-state index contributed by atoms with van der Waals surface area (Å²) in [5.41, 5.74) is 5.84. The van der Waals surface area contributed by atoms with Gasteiger partial charge in [0.15, 0.2) is 5.96 Å². The maximum atomic E-state index is 5.84. The first-order valence-corrected chi connectivity index (χ1v) is 8.30. The molecule has 3 N–H and O–H groups in total. The Bertz CT molecular complexity index is 300. The van der Waals surface area contributed by atoms with Gasteiger partial charge >= 0.3 is 0 Å². The van der Waals surface area contributed by atoms with Crippen LogP contribution in [0.15, 0.2) is 4.99 Å². The number of nitrogens with zero attached hydrogens (tertiary/aromatic N) is 2. The molecule has 1 saturated heterocycles. The summed E-state index contributed by atoms with van der Waals surface area (Å²) in [5.74, 6) is 0.534. The Labute approximate surface area is 128 Å². The van der Waals surface area contributed by atoms with E-state index in [-0.39, 0.29) is 0 Å². The van der Waals surface area contributed by atoms with Crippen molar-refractivity contribution in [3.63, 3.8) is 0 Å². The number of aliphatic imine (C=N–C) groups is 1. The predicted molar refractivity (Wildman–Crippen MR) is 84.6 cm³/mol. The Morgan fingerprint density at radius 1 is 1.29 bits per heavy atom. The molecule has 6 nitrogen and oxygen atoms in total. The zero-order chi connectivity index (χ0) is 14.8. The van der Waals surface area contributed by atoms with Crippen molar-refractivity contribution in [2.75, 3.05) is 52.5 Å². The van der Waals surface area contributed by atoms with Crippen LogP contribution in [-0.2, 0) is 9.47 Å². The minimum atomic E-state index is 0.471. The largest absolute Gasteiger partial charge is 0.379 e. The molecule has 0 bridgehead atoms. The zero-order valence-electron chi connectivity index (χ0n) is 13.1. The van der Waals surface area contributed by atoms with Gasteiger partial charge in [-0.25, -0.2) is 0 Å². The fourth-order valence-electron chi connectivity index (χ4n) is 2.83. The third-order valence-corrected chi connectivity index (χ3v) is 4.08. The summed E-state index contributed by atoms with van der Waals surface area (Å²) in [6.07, 6.45) is 6.56. The van der Waals surface area contributed by atoms with Crippen LogP contribution < -0.4 is 11.1 Å². The van der Waals surface area contributed by atoms with Crippen LogP contribution in [0.3, 0.4) is 0 Å². The molecule has 6 heteroatoms. The van der Waals surface area contributed by atoms with Crippen LogP contribution >= 0.6 is 0 Å². The molecule has 2 fully saturated rings. The Balaban J connectivity index is 1.44. The van der Waals surface area contributed by atoms with E-state index in [0.717, 1.165) is 52.4 Å². The summed E-state index contributed by atoms with van der Waals surface area (Å²) < 4.78 is 11.1. The van der Waals surface area contributed by atoms with Crippen LogP contribution in [0.1, 0.15) is 32.1 Å². The summed E-state index contributed by atoms with van der Waals surface area (Å²) in [6, 6.07) is 0. The summed E-state index contributed by atoms with van der Waals surface area (Å²) in [6.45, 7) is 7.10. The number of ether oxygens (including phenoxy) is 2. The van der Waals surface area contributed by atoms with Gasteiger partial charge in [0.1, 0.15) is 0 Å². The molecule has 0 atom stereocenters. The molecule has 1 saturated carbocycles. The lowest BCUT2D eigenvalue weighted by molar-refractivity contribution is 0.0377. The number of nitrogens with two attached hydrogens (primary N) is 1. The average molecular weight is 298 g/mol. The number of guanidine groups is 1. The first kappa shape index (κ1) is 16.5. The van der Waals surface area contributed by atoms with Gasteiger partial charge in [0.05, 0.1) is 25.9 Å². The number of hydrogen-bond acceptors (Lipinski definition) is 4. The lowest BCUT2D eigenvalue weighted by Gasteiger charge is -2.26. The molecule has 1 aliphatic carbocycles. The van der Waals surface area contributed by atoms with Gasteiger partial charge in [0, 0.05) is 32.7 Å². The van der Waals surface area contributed by atoms with Gasteiger partial charge in [-0.2, -0.15) is 0 Å². The molecule has 2 aliphatic rings. The Hall–Kier alpha value is -0.850. The van der Waals surface area contributed by atoms with E-state index in [9.17, 15) is 0 Å². The second-order valence-electron chi connectivity index (χ2n) is 5.78. The number of nitrogens with one attached hydrogen (secondary N) is 1. The van der Waals surface area contributed by atoms with E-state index in [1.807, 2.05) is 0 Å². The molecule has 0 aromatic rings. The van der Waals surface area contributed by atoms with E-state index in [2.05, 4.69) is 15.2 Å². The van der Waals surface area contributed by atoms with E-state index in [1.165, 1.54) is 25.7 Å². The molecule has 0 unspecified atom stereocenters. The van der Waals surface area contributed by atoms with E-state index in [0.29, 0.717) is 18.7 Å². The Morgan fingerprint density at radius 3 is 2.81 bits per heavy atom. The van der Waals surface area contributed by atoms with Crippen molar-refractivity contribution in [1.82, 2.24) is 10.2 Å². The standard InChI is InChI=1S/C15H30N4O2/c16-15(18-7-11-21-14-4-1-2-5-14)17-6-3-8-19-9-12-20-13-10-19/h14H,1-13H2,(H3,16,17,18). The third kappa shape index (κ3) is 7.11. The maximum Gasteiger partial charge on any atom is 0.188 e. The molecule has 1 heterocycles. The fraction of sp³-hybridized carbons (Fsp3) is 0.933. The van der Waals surface area contributed by atoms with Crippen LogP contribution in [0.25, 0.3) is 0 Å². The number of rotatable bonds is 8. The lowest BCUT2D eigenvalue weighted by atomic mass is 10.3. The second-order valence-corrected chi connectivity index (χ2v) is 5.78. The minimum absolute atomic E-state index is 0.471. The van der Waals surface area contributed by atoms with Crippen molar-refractivity contribution in [3.05, 3.63) is 0 Å². The normalized spacial score (nSPS) is 21.8. The van der Waals surface area contributed by atoms with Crippen molar-refractivity contribution < 1.29 is 9.47 Å². The quantitative estimate of drug-likeness (QED) is 0.389. The van der Waals surface area contributed by atoms with Crippen LogP contribution in [0, 0.1) is 0 Å². The van der Waals surface area contributed by atoms with Crippen molar-refractivity contribution in [2.45, 2.75) is 38.2 Å². The molecular weight excluding hydrogens is 268 g/mol. The predicted octanol–water partition coefficient (Wildman–Crippen LogP) is 0.572. The Morgan fingerprint density at radius 2 is 2.05 bits per heavy atom. The number of hydrogen-bond donors (Lipinski definition) is 2. The van der Waals surface area contributed by atoms with Gasteiger partial charge in [-0.1, -0.05) is 12.8 Å². The minimum Gasteiger partial charge on any atom is -0.379 e. The molecule has 0 aromatic heterocycles. The van der Waals surface area contributed by atoms with Gasteiger partial charge < -0.3 is 20.5 Å². The second kappa shape index (κ2) is 9.97. The summed E-state index contributed by atoms with van der Waals surface area (Å²) in [4.78, 5) is 6.76. The van der Waals surface area contributed by atoms with Gasteiger partial charge in [-0.15, -0.1) is 0 Å². The molecule has 21 heavy (non-hydrogen) atoms. The van der Waals surface area contributed by atoms with E-state index < -0.39 is 0 Å². The SMILES string of the molecule is NC(=NCCCN1CCOCC1)NCCOC1CCCC1. The van der Waals surface area contributed by atoms with Crippen LogP contribution in [0.4, 0.5) is 0 Å². The highest BCUT2D eigenvalue weighted by molar-refractivity contribution is 5.77. The highest BCUT2D eigenvalue weighted by atomic mass is 16.5. The molecule has 1 aliphatic heterocycles. The van der Waals surface area contributed by atoms with Crippen molar-refractivity contribution in [2.24, 2.45) is 10.7 Å². The molecule has 0 aromatic carbocycles. The van der Waals surface area contributed by atoms with Crippen LogP contribution in [-0.4, -0.2) is 69.5 Å². The summed E-state index contributed by atoms with van der Waals surface area (Å²) in [7, 11) is 0. The summed E-state index contributed by atoms with van der Waals surface area (Å²) in [5, 5.41) is 3.11. The first-order chi connectivity index (χ1) is 10.3. The van der Waals surface area contributed by atoms with Crippen LogP contribution in [0.5, 0.6) is 0 Å². The van der Waals surface area contributed by atoms with Gasteiger partial charge in [0.25, 0.3) is 0 Å². The Kier molecular flexibility index (Phi) is 7.85. The molecular formula is C15H30N4O2. The fourth-order valence-corrected chi connectivity index (χ4v) is 2.83. The molecule has 0 amide bonds. The zero-order valence-corrected chi connectivity index (χ0v) is 13.1. The van der Waals surface area contributed by atoms with E-state index in [4.69, 9.17) is 15.2 Å². The van der Waals surface area contributed by atoms with Crippen molar-refractivity contribution >= 4 is 5.96 Å². The van der Waals surface area contributed by atoms with Crippen molar-refractivity contribution in [1.29, 1.82) is 0 Å². The molecule has 0 spiro atoms. The molecule has 0 radical (unpaired) electrons. The van der Waals surface area contributed by atoms with Crippen LogP contribution in [0.2, 0.25) is 0 Å². The highest BCUT2D eigenvalue weighted by Crippen LogP contribution is 2.20. The maximum absolute atomic E-state index is 5.84. The molecule has 2 rings (SSSR count). The van der Waals surface area contributed by atoms with Crippen molar-refractivity contribution in [3.8, 4) is 0 Å². The lowest BCUT2D eigenvalue weighted by Crippen LogP contribution is -2.37. The monoisotopic (exact) mass is 298 g/mol. The van der Waals surface area contributed by atoms with E-state index >= 15 is 0 Å². The topological polar surface area (TPSA) is 72.1 Å². The third-order valence-electron chi connectivity index (χ3n) is 4.08. The summed E-state index contributed by atoms with van der Waals surface area (Å²) >= 11 is 0. The van der Waals surface area contributed by atoms with Gasteiger partial charge in [-0.3, -0.25) is 9.89 Å². The molecule has 122 valence electrons. The van der Waals surface area contributed by atoms with E-state index in [1.54, 1.807) is 0 Å². The first-order valence-electron chi connectivity index (χ1n) is 8.30. The average Bonchev–Trinajstić information content (AvgIpc) is 3.02. The highest BCUT2D eigenvalue weighted by Gasteiger charge is 2.14. The van der Waals surface area contributed by atoms with Gasteiger partial charge in [0.2, 0.25) is 0 Å². The van der Waals surface area contributed by atoms with Gasteiger partial charge in [-0.05, 0) is 19.3 Å². The smallest absolute Gasteiger partial charge is 0.188 e.